The van der Waals surface area contributed by atoms with Crippen molar-refractivity contribution in [3.05, 3.63) is 52.7 Å². The van der Waals surface area contributed by atoms with E-state index in [0.29, 0.717) is 17.3 Å². The lowest BCUT2D eigenvalue weighted by atomic mass is 10.2. The summed E-state index contributed by atoms with van der Waals surface area (Å²) in [5.41, 5.74) is 1.01. The first-order valence-electron chi connectivity index (χ1n) is 10.1. The summed E-state index contributed by atoms with van der Waals surface area (Å²) >= 11 is 7.04. The van der Waals surface area contributed by atoms with E-state index < -0.39 is 17.6 Å². The van der Waals surface area contributed by atoms with Gasteiger partial charge >= 0.3 is 6.18 Å². The van der Waals surface area contributed by atoms with Crippen LogP contribution in [0.15, 0.2) is 41.7 Å². The van der Waals surface area contributed by atoms with Crippen molar-refractivity contribution in [1.29, 1.82) is 0 Å². The normalized spacial score (nSPS) is 14.0. The van der Waals surface area contributed by atoms with Gasteiger partial charge in [-0.3, -0.25) is 9.36 Å². The van der Waals surface area contributed by atoms with Crippen LogP contribution in [-0.4, -0.2) is 44.5 Å². The molecule has 7 nitrogen and oxygen atoms in total. The summed E-state index contributed by atoms with van der Waals surface area (Å²) < 4.78 is 40.2. The summed E-state index contributed by atoms with van der Waals surface area (Å²) in [6.07, 6.45) is -1.79. The van der Waals surface area contributed by atoms with E-state index in [9.17, 15) is 18.0 Å². The summed E-state index contributed by atoms with van der Waals surface area (Å²) in [6.45, 7) is 3.76. The zero-order valence-corrected chi connectivity index (χ0v) is 19.1. The summed E-state index contributed by atoms with van der Waals surface area (Å²) in [5, 5.41) is 11.3. The summed E-state index contributed by atoms with van der Waals surface area (Å²) in [5.74, 6) is 0.0540. The molecule has 1 N–H and O–H groups in total. The van der Waals surface area contributed by atoms with Crippen LogP contribution in [0.25, 0.3) is 5.69 Å². The lowest BCUT2D eigenvalue weighted by Gasteiger charge is -2.18. The fourth-order valence-corrected chi connectivity index (χ4v) is 4.34. The Morgan fingerprint density at radius 1 is 1.18 bits per heavy atom. The number of benzene rings is 1. The van der Waals surface area contributed by atoms with Crippen molar-refractivity contribution in [3.8, 4) is 5.69 Å². The van der Waals surface area contributed by atoms with Crippen LogP contribution >= 0.6 is 23.4 Å². The molecule has 3 aromatic rings. The fourth-order valence-electron chi connectivity index (χ4n) is 3.38. The molecule has 33 heavy (non-hydrogen) atoms. The molecule has 1 fully saturated rings. The second kappa shape index (κ2) is 9.60. The maximum absolute atomic E-state index is 12.8. The molecule has 1 aliphatic heterocycles. The van der Waals surface area contributed by atoms with E-state index in [4.69, 9.17) is 11.6 Å². The Bertz CT molecular complexity index is 1150. The second-order valence-electron chi connectivity index (χ2n) is 7.54. The number of carbonyl (C=O) groups excluding carboxylic acids is 1. The molecule has 174 valence electrons. The van der Waals surface area contributed by atoms with Gasteiger partial charge in [-0.1, -0.05) is 41.1 Å². The number of rotatable bonds is 6. The molecular formula is C21H20ClF3N6OS. The Hall–Kier alpha value is -2.79. The molecular weight excluding hydrogens is 477 g/mol. The summed E-state index contributed by atoms with van der Waals surface area (Å²) in [4.78, 5) is 18.2. The number of hydrogen-bond acceptors (Lipinski definition) is 6. The molecule has 0 aliphatic carbocycles. The van der Waals surface area contributed by atoms with Gasteiger partial charge in [-0.15, -0.1) is 10.2 Å². The zero-order valence-electron chi connectivity index (χ0n) is 17.6. The maximum atomic E-state index is 12.8. The van der Waals surface area contributed by atoms with Crippen LogP contribution in [0.2, 0.25) is 5.02 Å². The van der Waals surface area contributed by atoms with Gasteiger partial charge in [0.25, 0.3) is 0 Å². The molecule has 1 amide bonds. The molecule has 1 saturated heterocycles. The molecule has 4 rings (SSSR count). The highest BCUT2D eigenvalue weighted by atomic mass is 35.5. The Labute approximate surface area is 197 Å². The number of amides is 1. The lowest BCUT2D eigenvalue weighted by Crippen LogP contribution is -2.22. The summed E-state index contributed by atoms with van der Waals surface area (Å²) in [6, 6.07) is 8.64. The van der Waals surface area contributed by atoms with E-state index >= 15 is 0 Å². The molecule has 0 bridgehead atoms. The minimum Gasteiger partial charge on any atom is -0.341 e. The predicted octanol–water partition coefficient (Wildman–Crippen LogP) is 4.97. The van der Waals surface area contributed by atoms with E-state index in [0.717, 1.165) is 43.2 Å². The van der Waals surface area contributed by atoms with Crippen molar-refractivity contribution < 1.29 is 18.0 Å². The van der Waals surface area contributed by atoms with Crippen LogP contribution in [-0.2, 0) is 11.0 Å². The van der Waals surface area contributed by atoms with Crippen molar-refractivity contribution in [2.24, 2.45) is 0 Å². The Balaban J connectivity index is 1.50. The number of nitrogens with zero attached hydrogens (tertiary/aromatic N) is 5. The molecule has 1 aromatic carbocycles. The Kier molecular flexibility index (Phi) is 6.80. The highest BCUT2D eigenvalue weighted by molar-refractivity contribution is 7.99. The topological polar surface area (TPSA) is 75.9 Å². The van der Waals surface area contributed by atoms with Gasteiger partial charge in [0.15, 0.2) is 11.0 Å². The average Bonchev–Trinajstić information content (AvgIpc) is 3.43. The smallest absolute Gasteiger partial charge is 0.341 e. The zero-order chi connectivity index (χ0) is 23.6. The molecule has 0 saturated carbocycles. The molecule has 0 unspecified atom stereocenters. The standard InChI is InChI=1S/C21H20ClF3N6OS/c1-13-4-6-15(7-5-13)31-19(30-8-2-3-9-30)28-29-20(31)33-12-17(32)27-18-16(22)10-14(11-26-18)21(23,24)25/h4-7,10-11H,2-3,8-9,12H2,1H3,(H,26,27,32). The molecule has 0 spiro atoms. The van der Waals surface area contributed by atoms with Crippen molar-refractivity contribution in [2.45, 2.75) is 31.1 Å². The van der Waals surface area contributed by atoms with Crippen LogP contribution in [0.5, 0.6) is 0 Å². The van der Waals surface area contributed by atoms with E-state index in [2.05, 4.69) is 25.4 Å². The van der Waals surface area contributed by atoms with E-state index in [-0.39, 0.29) is 16.6 Å². The van der Waals surface area contributed by atoms with Crippen LogP contribution in [0, 0.1) is 6.92 Å². The van der Waals surface area contributed by atoms with Gasteiger partial charge in [-0.2, -0.15) is 13.2 Å². The number of aromatic nitrogens is 4. The van der Waals surface area contributed by atoms with Crippen LogP contribution < -0.4 is 10.2 Å². The highest BCUT2D eigenvalue weighted by Crippen LogP contribution is 2.33. The van der Waals surface area contributed by atoms with Gasteiger partial charge < -0.3 is 10.2 Å². The van der Waals surface area contributed by atoms with Gasteiger partial charge in [0.1, 0.15) is 0 Å². The first kappa shape index (κ1) is 23.4. The van der Waals surface area contributed by atoms with E-state index in [1.807, 2.05) is 35.8 Å². The van der Waals surface area contributed by atoms with Crippen molar-refractivity contribution in [3.63, 3.8) is 0 Å². The van der Waals surface area contributed by atoms with E-state index in [1.54, 1.807) is 0 Å². The molecule has 0 atom stereocenters. The number of pyridine rings is 1. The van der Waals surface area contributed by atoms with Crippen LogP contribution in [0.1, 0.15) is 24.0 Å². The van der Waals surface area contributed by atoms with Gasteiger partial charge in [0.05, 0.1) is 22.0 Å². The third-order valence-electron chi connectivity index (χ3n) is 5.06. The van der Waals surface area contributed by atoms with Gasteiger partial charge in [0, 0.05) is 19.3 Å². The minimum absolute atomic E-state index is 0.0526. The summed E-state index contributed by atoms with van der Waals surface area (Å²) in [7, 11) is 0. The molecule has 12 heteroatoms. The largest absolute Gasteiger partial charge is 0.417 e. The molecule has 2 aromatic heterocycles. The molecule has 1 aliphatic rings. The Morgan fingerprint density at radius 3 is 2.52 bits per heavy atom. The first-order valence-corrected chi connectivity index (χ1v) is 11.5. The molecule has 3 heterocycles. The first-order chi connectivity index (χ1) is 15.7. The molecule has 0 radical (unpaired) electrons. The average molecular weight is 497 g/mol. The van der Waals surface area contributed by atoms with Crippen LogP contribution in [0.4, 0.5) is 24.9 Å². The number of alkyl halides is 3. The van der Waals surface area contributed by atoms with Crippen molar-refractivity contribution in [1.82, 2.24) is 19.7 Å². The Morgan fingerprint density at radius 2 is 1.88 bits per heavy atom. The van der Waals surface area contributed by atoms with Gasteiger partial charge in [-0.05, 0) is 38.0 Å². The number of halogens is 4. The van der Waals surface area contributed by atoms with Gasteiger partial charge in [-0.25, -0.2) is 4.98 Å². The van der Waals surface area contributed by atoms with Crippen molar-refractivity contribution in [2.75, 3.05) is 29.1 Å². The number of hydrogen-bond donors (Lipinski definition) is 1. The monoisotopic (exact) mass is 496 g/mol. The number of nitrogens with one attached hydrogen (secondary N) is 1. The minimum atomic E-state index is -4.57. The number of carbonyl (C=O) groups is 1. The lowest BCUT2D eigenvalue weighted by molar-refractivity contribution is -0.137. The third-order valence-corrected chi connectivity index (χ3v) is 6.27. The predicted molar refractivity (Wildman–Crippen MR) is 121 cm³/mol. The number of anilines is 2. The SMILES string of the molecule is Cc1ccc(-n2c(SCC(=O)Nc3ncc(C(F)(F)F)cc3Cl)nnc2N2CCCC2)cc1. The highest BCUT2D eigenvalue weighted by Gasteiger charge is 2.31. The van der Waals surface area contributed by atoms with Crippen LogP contribution in [0.3, 0.4) is 0 Å². The van der Waals surface area contributed by atoms with Gasteiger partial charge in [0.2, 0.25) is 11.9 Å². The number of aryl methyl sites for hydroxylation is 1. The maximum Gasteiger partial charge on any atom is 0.417 e. The number of thioether (sulfide) groups is 1. The van der Waals surface area contributed by atoms with Crippen molar-refractivity contribution >= 4 is 41.0 Å². The second-order valence-corrected chi connectivity index (χ2v) is 8.89. The fraction of sp³-hybridized carbons (Fsp3) is 0.333. The van der Waals surface area contributed by atoms with E-state index in [1.165, 1.54) is 11.8 Å². The quantitative estimate of drug-likeness (QED) is 0.485. The third kappa shape index (κ3) is 5.41.